The lowest BCUT2D eigenvalue weighted by atomic mass is 9.33. The standard InChI is InChI=1S/C45H60Cl2N2O6/c1-25(2)36-30(50)23-45(33-16-21-54-38(49-48-33)27-11-10-26(46)22-29(27)47)20-19-43(8)28(37(36)45)12-13-32-42(7)17-15-34(55-35(51)24-40(3,4)39(52)53)41(5,6)31(42)14-18-44(32,43)9/h10-11,22,25,28,31-32,34H,12-21,23-24H2,1-9H3,(H,52,53)/t28-,31+,32-,34+,42+,43-,44-,45+/m1/s1. The maximum absolute atomic E-state index is 14.3. The maximum atomic E-state index is 14.3. The molecule has 0 unspecified atom stereocenters. The van der Waals surface area contributed by atoms with Gasteiger partial charge >= 0.3 is 11.9 Å². The van der Waals surface area contributed by atoms with E-state index in [4.69, 9.17) is 37.8 Å². The highest BCUT2D eigenvalue weighted by molar-refractivity contribution is 6.36. The van der Waals surface area contributed by atoms with Crippen molar-refractivity contribution in [1.29, 1.82) is 0 Å². The van der Waals surface area contributed by atoms with Gasteiger partial charge in [-0.3, -0.25) is 14.4 Å². The van der Waals surface area contributed by atoms with Gasteiger partial charge in [0.05, 0.1) is 34.7 Å². The van der Waals surface area contributed by atoms with E-state index in [0.717, 1.165) is 62.7 Å². The fraction of sp³-hybridized carbons (Fsp3) is 0.711. The molecule has 0 amide bonds. The number of nitrogens with zero attached hydrogens (tertiary/aromatic N) is 2. The Labute approximate surface area is 337 Å². The number of esters is 1. The number of carboxylic acids is 1. The molecule has 6 aliphatic rings. The highest BCUT2D eigenvalue weighted by atomic mass is 35.5. The largest absolute Gasteiger partial charge is 0.481 e. The van der Waals surface area contributed by atoms with E-state index in [9.17, 15) is 19.5 Å². The van der Waals surface area contributed by atoms with Crippen LogP contribution in [0.2, 0.25) is 10.0 Å². The number of halogens is 2. The molecular formula is C45H60Cl2N2O6. The highest BCUT2D eigenvalue weighted by Gasteiger charge is 2.70. The van der Waals surface area contributed by atoms with Gasteiger partial charge in [-0.25, -0.2) is 0 Å². The molecular weight excluding hydrogens is 735 g/mol. The molecule has 4 fully saturated rings. The molecule has 1 aromatic rings. The van der Waals surface area contributed by atoms with E-state index in [-0.39, 0.29) is 51.8 Å². The minimum absolute atomic E-state index is 0.0174. The Kier molecular flexibility index (Phi) is 10.1. The summed E-state index contributed by atoms with van der Waals surface area (Å²) >= 11 is 12.8. The Balaban J connectivity index is 1.21. The van der Waals surface area contributed by atoms with Gasteiger partial charge in [-0.2, -0.15) is 5.10 Å². The molecule has 7 rings (SSSR count). The van der Waals surface area contributed by atoms with Crippen molar-refractivity contribution in [3.63, 3.8) is 0 Å². The third-order valence-corrected chi connectivity index (χ3v) is 16.9. The number of fused-ring (bicyclic) bond motifs is 7. The van der Waals surface area contributed by atoms with Crippen LogP contribution in [0.25, 0.3) is 0 Å². The number of carboxylic acid groups (broad SMARTS) is 1. The first-order valence-electron chi connectivity index (χ1n) is 20.6. The normalized spacial score (nSPS) is 37.1. The van der Waals surface area contributed by atoms with Gasteiger partial charge in [0.2, 0.25) is 5.90 Å². The second-order valence-corrected chi connectivity index (χ2v) is 21.0. The van der Waals surface area contributed by atoms with Crippen molar-refractivity contribution >= 4 is 52.5 Å². The zero-order valence-corrected chi connectivity index (χ0v) is 35.8. The second kappa shape index (κ2) is 13.7. The van der Waals surface area contributed by atoms with E-state index in [0.29, 0.717) is 52.8 Å². The minimum atomic E-state index is -1.17. The average molecular weight is 796 g/mol. The first-order chi connectivity index (χ1) is 25.6. The van der Waals surface area contributed by atoms with Gasteiger partial charge in [0.15, 0.2) is 5.78 Å². The Morgan fingerprint density at radius 1 is 0.964 bits per heavy atom. The van der Waals surface area contributed by atoms with Crippen molar-refractivity contribution in [2.75, 3.05) is 6.61 Å². The van der Waals surface area contributed by atoms with Crippen LogP contribution in [0.4, 0.5) is 0 Å². The average Bonchev–Trinajstić information content (AvgIpc) is 3.20. The molecule has 0 bridgehead atoms. The summed E-state index contributed by atoms with van der Waals surface area (Å²) in [6, 6.07) is 5.27. The first-order valence-corrected chi connectivity index (χ1v) is 21.3. The van der Waals surface area contributed by atoms with Crippen LogP contribution >= 0.6 is 23.2 Å². The topological polar surface area (TPSA) is 115 Å². The number of benzene rings is 1. The molecule has 300 valence electrons. The fourth-order valence-corrected chi connectivity index (χ4v) is 13.9. The molecule has 0 spiro atoms. The summed E-state index contributed by atoms with van der Waals surface area (Å²) in [5.74, 6) is 0.435. The van der Waals surface area contributed by atoms with Crippen LogP contribution in [0.15, 0.2) is 39.5 Å². The smallest absolute Gasteiger partial charge is 0.309 e. The van der Waals surface area contributed by atoms with E-state index >= 15 is 0 Å². The Bertz CT molecular complexity index is 1900. The number of aliphatic carboxylic acids is 1. The lowest BCUT2D eigenvalue weighted by molar-refractivity contribution is -0.232. The van der Waals surface area contributed by atoms with Crippen LogP contribution in [0, 0.1) is 56.2 Å². The molecule has 5 aliphatic carbocycles. The number of carbonyl (C=O) groups is 3. The SMILES string of the molecule is CC(C)C1=C2[C@H]3CC[C@@H]4[C@@]5(C)CC[C@H](OC(=O)CC(C)(C)C(=O)O)C(C)(C)[C@@H]5CC[C@@]4(C)[C@]3(C)CC[C@@]2(C2=NN=C(c3ccc(Cl)cc3Cl)OCC2)CC1=O. The maximum Gasteiger partial charge on any atom is 0.309 e. The molecule has 1 heterocycles. The molecule has 1 N–H and O–H groups in total. The number of rotatable bonds is 7. The monoisotopic (exact) mass is 794 g/mol. The molecule has 55 heavy (non-hydrogen) atoms. The fourth-order valence-electron chi connectivity index (χ4n) is 13.4. The Morgan fingerprint density at radius 3 is 2.36 bits per heavy atom. The van der Waals surface area contributed by atoms with E-state index < -0.39 is 22.8 Å². The molecule has 0 aromatic heterocycles. The summed E-state index contributed by atoms with van der Waals surface area (Å²) in [6.07, 6.45) is 8.52. The van der Waals surface area contributed by atoms with Crippen molar-refractivity contribution in [1.82, 2.24) is 0 Å². The van der Waals surface area contributed by atoms with Crippen LogP contribution in [0.3, 0.4) is 0 Å². The van der Waals surface area contributed by atoms with Gasteiger partial charge in [-0.1, -0.05) is 71.7 Å². The lowest BCUT2D eigenvalue weighted by Gasteiger charge is -2.72. The number of hydrogen-bond acceptors (Lipinski definition) is 7. The zero-order valence-electron chi connectivity index (χ0n) is 34.2. The van der Waals surface area contributed by atoms with Crippen molar-refractivity contribution in [2.45, 2.75) is 139 Å². The first kappa shape index (κ1) is 40.5. The quantitative estimate of drug-likeness (QED) is 0.275. The van der Waals surface area contributed by atoms with E-state index in [1.807, 2.05) is 6.07 Å². The van der Waals surface area contributed by atoms with Gasteiger partial charge in [0.1, 0.15) is 6.10 Å². The molecule has 0 saturated heterocycles. The van der Waals surface area contributed by atoms with Gasteiger partial charge in [-0.15, -0.1) is 5.10 Å². The van der Waals surface area contributed by atoms with Crippen LogP contribution < -0.4 is 0 Å². The second-order valence-electron chi connectivity index (χ2n) is 20.2. The van der Waals surface area contributed by atoms with E-state index in [1.54, 1.807) is 26.0 Å². The summed E-state index contributed by atoms with van der Waals surface area (Å²) in [5, 5.41) is 20.3. The molecule has 10 heteroatoms. The Morgan fingerprint density at radius 2 is 1.69 bits per heavy atom. The molecule has 8 nitrogen and oxygen atoms in total. The molecule has 4 saturated carbocycles. The number of carbonyl (C=O) groups excluding carboxylic acids is 2. The van der Waals surface area contributed by atoms with Crippen molar-refractivity contribution in [3.05, 3.63) is 45.0 Å². The molecule has 8 atom stereocenters. The minimum Gasteiger partial charge on any atom is -0.481 e. The number of ether oxygens (including phenoxy) is 2. The lowest BCUT2D eigenvalue weighted by Crippen LogP contribution is -2.66. The van der Waals surface area contributed by atoms with Crippen molar-refractivity contribution < 1.29 is 29.0 Å². The van der Waals surface area contributed by atoms with Gasteiger partial charge < -0.3 is 14.6 Å². The number of ketones is 1. The van der Waals surface area contributed by atoms with Crippen molar-refractivity contribution in [2.24, 2.45) is 66.4 Å². The van der Waals surface area contributed by atoms with Crippen LogP contribution in [-0.2, 0) is 23.9 Å². The molecule has 1 aliphatic heterocycles. The van der Waals surface area contributed by atoms with Crippen molar-refractivity contribution in [3.8, 4) is 0 Å². The molecule has 1 aromatic carbocycles. The summed E-state index contributed by atoms with van der Waals surface area (Å²) < 4.78 is 12.4. The summed E-state index contributed by atoms with van der Waals surface area (Å²) in [5.41, 5.74) is 2.17. The van der Waals surface area contributed by atoms with Crippen LogP contribution in [0.1, 0.15) is 139 Å². The highest BCUT2D eigenvalue weighted by Crippen LogP contribution is 2.77. The molecule has 0 radical (unpaired) electrons. The summed E-state index contributed by atoms with van der Waals surface area (Å²) in [4.78, 5) is 39.2. The van der Waals surface area contributed by atoms with Gasteiger partial charge in [0.25, 0.3) is 0 Å². The van der Waals surface area contributed by atoms with E-state index in [1.165, 1.54) is 5.57 Å². The van der Waals surface area contributed by atoms with Crippen LogP contribution in [0.5, 0.6) is 0 Å². The number of hydrogen-bond donors (Lipinski definition) is 1. The van der Waals surface area contributed by atoms with Crippen LogP contribution in [-0.4, -0.2) is 47.1 Å². The third kappa shape index (κ3) is 6.15. The number of Topliss-reactive ketones (excluding diaryl/α,β-unsaturated/α-hetero) is 1. The summed E-state index contributed by atoms with van der Waals surface area (Å²) in [6.45, 7) is 20.1. The van der Waals surface area contributed by atoms with Gasteiger partial charge in [-0.05, 0) is 134 Å². The zero-order chi connectivity index (χ0) is 40.1. The predicted molar refractivity (Wildman–Crippen MR) is 216 cm³/mol. The van der Waals surface area contributed by atoms with Gasteiger partial charge in [0, 0.05) is 28.7 Å². The third-order valence-electron chi connectivity index (χ3n) is 16.4. The number of allylic oxidation sites excluding steroid dienone is 2. The predicted octanol–water partition coefficient (Wildman–Crippen LogP) is 10.9. The Hall–Kier alpha value is -2.71. The summed E-state index contributed by atoms with van der Waals surface area (Å²) in [7, 11) is 0. The van der Waals surface area contributed by atoms with E-state index in [2.05, 4.69) is 53.6 Å².